The molecule has 0 spiro atoms. The first-order valence-corrected chi connectivity index (χ1v) is 10.6. The molecule has 0 amide bonds. The molecule has 0 aliphatic carbocycles. The first-order chi connectivity index (χ1) is 16.7. The lowest BCUT2D eigenvalue weighted by molar-refractivity contribution is -0.140. The Hall–Kier alpha value is -4.27. The molecule has 180 valence electrons. The van der Waals surface area contributed by atoms with Crippen LogP contribution in [-0.4, -0.2) is 22.2 Å². The zero-order chi connectivity index (χ0) is 25.2. The van der Waals surface area contributed by atoms with E-state index in [2.05, 4.69) is 9.97 Å². The normalized spacial score (nSPS) is 11.3. The fraction of sp³-hybridized carbons (Fsp3) is 0.154. The molecular formula is C26H22F3N3O3. The second kappa shape index (κ2) is 9.54. The monoisotopic (exact) mass is 481 g/mol. The van der Waals surface area contributed by atoms with Gasteiger partial charge in [0.05, 0.1) is 12.8 Å². The fourth-order valence-corrected chi connectivity index (χ4v) is 3.64. The molecule has 0 saturated carbocycles. The van der Waals surface area contributed by atoms with Crippen molar-refractivity contribution >= 4 is 5.95 Å². The van der Waals surface area contributed by atoms with E-state index < -0.39 is 17.8 Å². The van der Waals surface area contributed by atoms with Crippen LogP contribution in [0.4, 0.5) is 19.1 Å². The summed E-state index contributed by atoms with van der Waals surface area (Å²) in [6.07, 6.45) is -4.84. The van der Waals surface area contributed by atoms with E-state index in [1.807, 2.05) is 31.2 Å². The van der Waals surface area contributed by atoms with Crippen LogP contribution < -0.4 is 15.2 Å². The third-order valence-corrected chi connectivity index (χ3v) is 5.32. The molecule has 1 heterocycles. The Morgan fingerprint density at radius 3 is 2.31 bits per heavy atom. The highest BCUT2D eigenvalue weighted by atomic mass is 19.4. The van der Waals surface area contributed by atoms with Gasteiger partial charge in [-0.25, -0.2) is 9.97 Å². The van der Waals surface area contributed by atoms with Gasteiger partial charge in [0.25, 0.3) is 0 Å². The van der Waals surface area contributed by atoms with Gasteiger partial charge in [0, 0.05) is 22.8 Å². The Labute approximate surface area is 199 Å². The molecule has 3 aromatic carbocycles. The molecule has 0 aliphatic heterocycles. The molecule has 4 rings (SSSR count). The second-order valence-corrected chi connectivity index (χ2v) is 7.81. The number of nitrogen functional groups attached to an aromatic ring is 1. The minimum absolute atomic E-state index is 0.0354. The van der Waals surface area contributed by atoms with Crippen molar-refractivity contribution in [1.29, 1.82) is 0 Å². The van der Waals surface area contributed by atoms with E-state index in [1.165, 1.54) is 31.4 Å². The van der Waals surface area contributed by atoms with Crippen molar-refractivity contribution in [2.24, 2.45) is 0 Å². The van der Waals surface area contributed by atoms with Crippen molar-refractivity contribution in [3.63, 3.8) is 0 Å². The number of anilines is 1. The van der Waals surface area contributed by atoms with Crippen molar-refractivity contribution in [3.05, 3.63) is 83.6 Å². The molecule has 1 aromatic heterocycles. The van der Waals surface area contributed by atoms with E-state index in [9.17, 15) is 18.3 Å². The Morgan fingerprint density at radius 1 is 0.943 bits per heavy atom. The second-order valence-electron chi connectivity index (χ2n) is 7.81. The van der Waals surface area contributed by atoms with Crippen molar-refractivity contribution < 1.29 is 27.8 Å². The van der Waals surface area contributed by atoms with Gasteiger partial charge >= 0.3 is 6.18 Å². The third kappa shape index (κ3) is 5.13. The van der Waals surface area contributed by atoms with Crippen LogP contribution in [0.2, 0.25) is 0 Å². The zero-order valence-electron chi connectivity index (χ0n) is 18.9. The number of aryl methyl sites for hydroxylation is 1. The number of nitrogens with two attached hydrogens (primary N) is 1. The molecular weight excluding hydrogens is 459 g/mol. The van der Waals surface area contributed by atoms with Gasteiger partial charge in [-0.15, -0.1) is 0 Å². The van der Waals surface area contributed by atoms with Gasteiger partial charge in [0.2, 0.25) is 5.95 Å². The van der Waals surface area contributed by atoms with Crippen LogP contribution in [0.3, 0.4) is 0 Å². The molecule has 0 bridgehead atoms. The number of benzene rings is 3. The topological polar surface area (TPSA) is 90.5 Å². The van der Waals surface area contributed by atoms with Crippen molar-refractivity contribution in [3.8, 4) is 39.6 Å². The number of hydrogen-bond acceptors (Lipinski definition) is 6. The Balaban J connectivity index is 1.80. The number of hydrogen-bond donors (Lipinski definition) is 2. The number of phenols is 1. The summed E-state index contributed by atoms with van der Waals surface area (Å²) in [6, 6.07) is 18.2. The van der Waals surface area contributed by atoms with Crippen LogP contribution in [0.1, 0.15) is 16.8 Å². The molecule has 0 saturated heterocycles. The molecule has 0 fully saturated rings. The third-order valence-electron chi connectivity index (χ3n) is 5.32. The van der Waals surface area contributed by atoms with Gasteiger partial charge in [-0.1, -0.05) is 48.0 Å². The number of phenolic OH excluding ortho intramolecular Hbond substituents is 1. The van der Waals surface area contributed by atoms with Gasteiger partial charge in [-0.2, -0.15) is 13.2 Å². The van der Waals surface area contributed by atoms with E-state index in [4.69, 9.17) is 15.2 Å². The summed E-state index contributed by atoms with van der Waals surface area (Å²) < 4.78 is 53.1. The quantitative estimate of drug-likeness (QED) is 0.350. The summed E-state index contributed by atoms with van der Waals surface area (Å²) in [5, 5.41) is 10.8. The SMILES string of the molecule is COc1ccccc1-c1c(-c2ccc(OCc3ccc(C)cc3)cc2O)nc(N)nc1C(F)(F)F. The Morgan fingerprint density at radius 2 is 1.66 bits per heavy atom. The lowest BCUT2D eigenvalue weighted by Crippen LogP contribution is -2.14. The van der Waals surface area contributed by atoms with E-state index >= 15 is 0 Å². The highest BCUT2D eigenvalue weighted by Crippen LogP contribution is 2.46. The van der Waals surface area contributed by atoms with Crippen molar-refractivity contribution in [2.45, 2.75) is 19.7 Å². The van der Waals surface area contributed by atoms with Gasteiger partial charge < -0.3 is 20.3 Å². The first kappa shape index (κ1) is 23.9. The zero-order valence-corrected chi connectivity index (χ0v) is 18.9. The van der Waals surface area contributed by atoms with Gasteiger partial charge in [0.15, 0.2) is 5.69 Å². The predicted molar refractivity (Wildman–Crippen MR) is 126 cm³/mol. The largest absolute Gasteiger partial charge is 0.507 e. The molecule has 35 heavy (non-hydrogen) atoms. The molecule has 0 atom stereocenters. The van der Waals surface area contributed by atoms with E-state index in [0.29, 0.717) is 5.75 Å². The van der Waals surface area contributed by atoms with E-state index in [-0.39, 0.29) is 40.5 Å². The Kier molecular flexibility index (Phi) is 6.50. The number of para-hydroxylation sites is 1. The molecule has 0 unspecified atom stereocenters. The molecule has 0 aliphatic rings. The first-order valence-electron chi connectivity index (χ1n) is 10.6. The van der Waals surface area contributed by atoms with Gasteiger partial charge in [-0.3, -0.25) is 0 Å². The average Bonchev–Trinajstić information content (AvgIpc) is 2.83. The highest BCUT2D eigenvalue weighted by Gasteiger charge is 2.39. The predicted octanol–water partition coefficient (Wildman–Crippen LogP) is 6.01. The molecule has 9 heteroatoms. The van der Waals surface area contributed by atoms with Crippen LogP contribution >= 0.6 is 0 Å². The van der Waals surface area contributed by atoms with Gasteiger partial charge in [-0.05, 0) is 30.7 Å². The van der Waals surface area contributed by atoms with Crippen molar-refractivity contribution in [1.82, 2.24) is 9.97 Å². The maximum atomic E-state index is 14.0. The summed E-state index contributed by atoms with van der Waals surface area (Å²) in [4.78, 5) is 7.55. The van der Waals surface area contributed by atoms with Crippen molar-refractivity contribution in [2.75, 3.05) is 12.8 Å². The average molecular weight is 481 g/mol. The summed E-state index contributed by atoms with van der Waals surface area (Å²) in [7, 11) is 1.35. The highest BCUT2D eigenvalue weighted by molar-refractivity contribution is 5.88. The lowest BCUT2D eigenvalue weighted by atomic mass is 9.96. The maximum Gasteiger partial charge on any atom is 0.434 e. The van der Waals surface area contributed by atoms with Crippen LogP contribution in [0.5, 0.6) is 17.2 Å². The number of methoxy groups -OCH3 is 1. The molecule has 0 radical (unpaired) electrons. The lowest BCUT2D eigenvalue weighted by Gasteiger charge is -2.19. The van der Waals surface area contributed by atoms with Crippen LogP contribution in [-0.2, 0) is 12.8 Å². The standard InChI is InChI=1S/C26H22F3N3O3/c1-15-7-9-16(10-8-15)14-35-17-11-12-18(20(33)13-17)23-22(19-5-3-4-6-21(19)34-2)24(26(27,28)29)32-25(30)31-23/h3-13,33H,14H2,1-2H3,(H2,30,31,32). The van der Waals surface area contributed by atoms with E-state index in [1.54, 1.807) is 18.2 Å². The minimum Gasteiger partial charge on any atom is -0.507 e. The number of halogens is 3. The van der Waals surface area contributed by atoms with Gasteiger partial charge in [0.1, 0.15) is 23.9 Å². The maximum absolute atomic E-state index is 14.0. The number of rotatable bonds is 6. The number of ether oxygens (including phenoxy) is 2. The minimum atomic E-state index is -4.84. The summed E-state index contributed by atoms with van der Waals surface area (Å²) in [5.74, 6) is -0.382. The van der Waals surface area contributed by atoms with E-state index in [0.717, 1.165) is 11.1 Å². The number of nitrogens with zero attached hydrogens (tertiary/aromatic N) is 2. The number of aromatic hydroxyl groups is 1. The van der Waals surface area contributed by atoms with Crippen LogP contribution in [0.25, 0.3) is 22.4 Å². The summed E-state index contributed by atoms with van der Waals surface area (Å²) in [5.41, 5.74) is 6.07. The van der Waals surface area contributed by atoms with Crippen LogP contribution in [0.15, 0.2) is 66.7 Å². The number of alkyl halides is 3. The molecule has 6 nitrogen and oxygen atoms in total. The van der Waals surface area contributed by atoms with Crippen LogP contribution in [0, 0.1) is 6.92 Å². The smallest absolute Gasteiger partial charge is 0.434 e. The molecule has 4 aromatic rings. The molecule has 3 N–H and O–H groups in total. The summed E-state index contributed by atoms with van der Waals surface area (Å²) >= 11 is 0. The fourth-order valence-electron chi connectivity index (χ4n) is 3.64. The summed E-state index contributed by atoms with van der Waals surface area (Å²) in [6.45, 7) is 2.23. The number of aromatic nitrogens is 2. The Bertz CT molecular complexity index is 1360.